The van der Waals surface area contributed by atoms with Gasteiger partial charge in [0.2, 0.25) is 11.3 Å². The lowest BCUT2D eigenvalue weighted by molar-refractivity contribution is -0.120. The zero-order chi connectivity index (χ0) is 19.2. The minimum absolute atomic E-state index is 0.00352. The van der Waals surface area contributed by atoms with E-state index in [-0.39, 0.29) is 23.4 Å². The van der Waals surface area contributed by atoms with Crippen LogP contribution in [0, 0.1) is 5.92 Å². The standard InChI is InChI=1S/C20H26N4O3/c1-14-5-4-9-24(13-14)10-8-21-18(25)12-23-20(27)16-11-22-17-7-3-2-6-15(17)19(16)26/h2-3,6-7,11,14H,4-5,8-10,12-13H2,1H3,(H,21,25)(H,22,26)(H,23,27). The predicted molar refractivity (Wildman–Crippen MR) is 105 cm³/mol. The summed E-state index contributed by atoms with van der Waals surface area (Å²) in [5.41, 5.74) is 0.328. The largest absolute Gasteiger partial charge is 0.360 e. The van der Waals surface area contributed by atoms with E-state index in [2.05, 4.69) is 27.4 Å². The molecule has 0 bridgehead atoms. The molecule has 7 heteroatoms. The number of rotatable bonds is 6. The highest BCUT2D eigenvalue weighted by Gasteiger charge is 2.16. The van der Waals surface area contributed by atoms with Gasteiger partial charge in [-0.3, -0.25) is 14.4 Å². The molecule has 144 valence electrons. The van der Waals surface area contributed by atoms with Crippen molar-refractivity contribution in [1.82, 2.24) is 20.5 Å². The lowest BCUT2D eigenvalue weighted by atomic mass is 10.0. The van der Waals surface area contributed by atoms with E-state index in [9.17, 15) is 14.4 Å². The topological polar surface area (TPSA) is 94.3 Å². The molecule has 0 spiro atoms. The smallest absolute Gasteiger partial charge is 0.257 e. The van der Waals surface area contributed by atoms with Crippen LogP contribution in [0.15, 0.2) is 35.3 Å². The highest BCUT2D eigenvalue weighted by Crippen LogP contribution is 2.14. The van der Waals surface area contributed by atoms with E-state index in [0.29, 0.717) is 23.4 Å². The number of benzene rings is 1. The van der Waals surface area contributed by atoms with Crippen molar-refractivity contribution in [2.75, 3.05) is 32.7 Å². The fraction of sp³-hybridized carbons (Fsp3) is 0.450. The van der Waals surface area contributed by atoms with Gasteiger partial charge in [0, 0.05) is 36.7 Å². The van der Waals surface area contributed by atoms with Crippen molar-refractivity contribution in [3.05, 3.63) is 46.2 Å². The number of para-hydroxylation sites is 1. The molecule has 1 unspecified atom stereocenters. The van der Waals surface area contributed by atoms with Crippen LogP contribution in [0.4, 0.5) is 0 Å². The van der Waals surface area contributed by atoms with Crippen LogP contribution < -0.4 is 16.1 Å². The summed E-state index contributed by atoms with van der Waals surface area (Å²) in [4.78, 5) is 41.9. The molecule has 2 heterocycles. The third-order valence-electron chi connectivity index (χ3n) is 4.93. The SMILES string of the molecule is CC1CCCN(CCNC(=O)CNC(=O)c2c[nH]c3ccccc3c2=O)C1. The number of aromatic nitrogens is 1. The highest BCUT2D eigenvalue weighted by molar-refractivity contribution is 5.98. The molecule has 2 aromatic rings. The fourth-order valence-corrected chi connectivity index (χ4v) is 3.50. The average molecular weight is 370 g/mol. The first kappa shape index (κ1) is 19.1. The summed E-state index contributed by atoms with van der Waals surface area (Å²) >= 11 is 0. The van der Waals surface area contributed by atoms with Gasteiger partial charge >= 0.3 is 0 Å². The summed E-state index contributed by atoms with van der Waals surface area (Å²) in [5.74, 6) is -0.110. The Hall–Kier alpha value is -2.67. The molecule has 7 nitrogen and oxygen atoms in total. The van der Waals surface area contributed by atoms with E-state index in [4.69, 9.17) is 0 Å². The number of piperidine rings is 1. The van der Waals surface area contributed by atoms with Crippen LogP contribution in [-0.4, -0.2) is 54.4 Å². The third kappa shape index (κ3) is 4.95. The van der Waals surface area contributed by atoms with Crippen molar-refractivity contribution in [3.63, 3.8) is 0 Å². The molecule has 1 saturated heterocycles. The summed E-state index contributed by atoms with van der Waals surface area (Å²) < 4.78 is 0. The van der Waals surface area contributed by atoms with Gasteiger partial charge in [-0.1, -0.05) is 19.1 Å². The van der Waals surface area contributed by atoms with Crippen LogP contribution in [0.25, 0.3) is 10.9 Å². The van der Waals surface area contributed by atoms with Crippen molar-refractivity contribution in [1.29, 1.82) is 0 Å². The molecule has 3 rings (SSSR count). The number of H-pyrrole nitrogens is 1. The first-order chi connectivity index (χ1) is 13.0. The molecule has 3 N–H and O–H groups in total. The van der Waals surface area contributed by atoms with Crippen molar-refractivity contribution in [2.45, 2.75) is 19.8 Å². The summed E-state index contributed by atoms with van der Waals surface area (Å²) in [5, 5.41) is 5.78. The Morgan fingerprint density at radius 3 is 2.89 bits per heavy atom. The van der Waals surface area contributed by atoms with Crippen LogP contribution in [0.5, 0.6) is 0 Å². The Labute approximate surface area is 158 Å². The number of carbonyl (C=O) groups is 2. The molecule has 2 amide bonds. The maximum atomic E-state index is 12.4. The number of amides is 2. The molecule has 1 aromatic heterocycles. The number of fused-ring (bicyclic) bond motifs is 1. The summed E-state index contributed by atoms with van der Waals surface area (Å²) in [6.45, 7) is 5.60. The second kappa shape index (κ2) is 8.81. The molecule has 1 fully saturated rings. The average Bonchev–Trinajstić information content (AvgIpc) is 2.67. The van der Waals surface area contributed by atoms with Gasteiger partial charge in [-0.05, 0) is 37.4 Å². The Balaban J connectivity index is 1.47. The maximum Gasteiger partial charge on any atom is 0.257 e. The van der Waals surface area contributed by atoms with E-state index < -0.39 is 5.91 Å². The molecular formula is C20H26N4O3. The molecule has 0 saturated carbocycles. The number of likely N-dealkylation sites (tertiary alicyclic amines) is 1. The quantitative estimate of drug-likeness (QED) is 0.710. The lowest BCUT2D eigenvalue weighted by Gasteiger charge is -2.30. The number of aromatic amines is 1. The second-order valence-corrected chi connectivity index (χ2v) is 7.16. The fourth-order valence-electron chi connectivity index (χ4n) is 3.50. The molecule has 1 aliphatic rings. The second-order valence-electron chi connectivity index (χ2n) is 7.16. The summed E-state index contributed by atoms with van der Waals surface area (Å²) in [7, 11) is 0. The van der Waals surface area contributed by atoms with E-state index in [1.807, 2.05) is 6.07 Å². The Bertz CT molecular complexity index is 877. The molecule has 27 heavy (non-hydrogen) atoms. The van der Waals surface area contributed by atoms with Crippen molar-refractivity contribution in [2.24, 2.45) is 5.92 Å². The monoisotopic (exact) mass is 370 g/mol. The first-order valence-electron chi connectivity index (χ1n) is 9.42. The lowest BCUT2D eigenvalue weighted by Crippen LogP contribution is -2.43. The van der Waals surface area contributed by atoms with Crippen LogP contribution in [-0.2, 0) is 4.79 Å². The van der Waals surface area contributed by atoms with E-state index in [1.54, 1.807) is 18.2 Å². The molecule has 1 aliphatic heterocycles. The van der Waals surface area contributed by atoms with E-state index >= 15 is 0 Å². The van der Waals surface area contributed by atoms with Gasteiger partial charge in [0.25, 0.3) is 5.91 Å². The van der Waals surface area contributed by atoms with Gasteiger partial charge in [0.1, 0.15) is 5.56 Å². The maximum absolute atomic E-state index is 12.4. The minimum Gasteiger partial charge on any atom is -0.360 e. The molecule has 0 aliphatic carbocycles. The Morgan fingerprint density at radius 1 is 1.26 bits per heavy atom. The first-order valence-corrected chi connectivity index (χ1v) is 9.42. The van der Waals surface area contributed by atoms with Gasteiger partial charge in [0.15, 0.2) is 0 Å². The van der Waals surface area contributed by atoms with E-state index in [1.165, 1.54) is 19.0 Å². The van der Waals surface area contributed by atoms with Crippen molar-refractivity contribution in [3.8, 4) is 0 Å². The van der Waals surface area contributed by atoms with Crippen LogP contribution in [0.1, 0.15) is 30.1 Å². The number of pyridine rings is 1. The number of nitrogens with one attached hydrogen (secondary N) is 3. The van der Waals surface area contributed by atoms with Gasteiger partial charge < -0.3 is 20.5 Å². The van der Waals surface area contributed by atoms with E-state index in [0.717, 1.165) is 19.6 Å². The van der Waals surface area contributed by atoms with Gasteiger partial charge in [-0.15, -0.1) is 0 Å². The third-order valence-corrected chi connectivity index (χ3v) is 4.93. The number of nitrogens with zero attached hydrogens (tertiary/aromatic N) is 1. The van der Waals surface area contributed by atoms with Crippen LogP contribution in [0.3, 0.4) is 0 Å². The molecule has 1 atom stereocenters. The highest BCUT2D eigenvalue weighted by atomic mass is 16.2. The minimum atomic E-state index is -0.554. The summed E-state index contributed by atoms with van der Waals surface area (Å²) in [6, 6.07) is 7.00. The Morgan fingerprint density at radius 2 is 2.07 bits per heavy atom. The van der Waals surface area contributed by atoms with Gasteiger partial charge in [-0.25, -0.2) is 0 Å². The van der Waals surface area contributed by atoms with Crippen molar-refractivity contribution >= 4 is 22.7 Å². The van der Waals surface area contributed by atoms with Crippen LogP contribution in [0.2, 0.25) is 0 Å². The molecule has 1 aromatic carbocycles. The number of hydrogen-bond donors (Lipinski definition) is 3. The van der Waals surface area contributed by atoms with Gasteiger partial charge in [-0.2, -0.15) is 0 Å². The molecule has 0 radical (unpaired) electrons. The zero-order valence-corrected chi connectivity index (χ0v) is 15.6. The normalized spacial score (nSPS) is 17.6. The number of hydrogen-bond acceptors (Lipinski definition) is 4. The number of carbonyl (C=O) groups excluding carboxylic acids is 2. The predicted octanol–water partition coefficient (Wildman–Crippen LogP) is 1.11. The van der Waals surface area contributed by atoms with Crippen molar-refractivity contribution < 1.29 is 9.59 Å². The van der Waals surface area contributed by atoms with Crippen LogP contribution >= 0.6 is 0 Å². The van der Waals surface area contributed by atoms with Gasteiger partial charge in [0.05, 0.1) is 6.54 Å². The Kier molecular flexibility index (Phi) is 6.24. The zero-order valence-electron chi connectivity index (χ0n) is 15.6. The molecular weight excluding hydrogens is 344 g/mol. The summed E-state index contributed by atoms with van der Waals surface area (Å²) in [6.07, 6.45) is 3.85.